The molecule has 2 atom stereocenters. The number of nitrogens with zero attached hydrogens (tertiary/aromatic N) is 3. The predicted octanol–water partition coefficient (Wildman–Crippen LogP) is 1.68. The van der Waals surface area contributed by atoms with Crippen LogP contribution in [0, 0.1) is 11.8 Å². The molecule has 1 aliphatic carbocycles. The lowest BCUT2D eigenvalue weighted by Crippen LogP contribution is -2.56. The van der Waals surface area contributed by atoms with Gasteiger partial charge in [0.05, 0.1) is 6.33 Å². The van der Waals surface area contributed by atoms with Crippen LogP contribution in [0.5, 0.6) is 0 Å². The van der Waals surface area contributed by atoms with E-state index in [0.29, 0.717) is 17.9 Å². The molecule has 1 aromatic rings. The van der Waals surface area contributed by atoms with E-state index in [4.69, 9.17) is 0 Å². The van der Waals surface area contributed by atoms with E-state index in [9.17, 15) is 4.79 Å². The van der Waals surface area contributed by atoms with Crippen molar-refractivity contribution in [3.63, 3.8) is 0 Å². The molecule has 1 N–H and O–H groups in total. The van der Waals surface area contributed by atoms with Crippen LogP contribution in [0.25, 0.3) is 0 Å². The van der Waals surface area contributed by atoms with E-state index in [1.165, 1.54) is 32.5 Å². The first kappa shape index (κ1) is 14.2. The van der Waals surface area contributed by atoms with Gasteiger partial charge >= 0.3 is 0 Å². The van der Waals surface area contributed by atoms with Gasteiger partial charge in [0.15, 0.2) is 0 Å². The number of fused-ring (bicyclic) bond motifs is 1. The number of carbonyl (C=O) groups excluding carboxylic acids is 1. The van der Waals surface area contributed by atoms with Crippen LogP contribution in [-0.4, -0.2) is 57.9 Å². The summed E-state index contributed by atoms with van der Waals surface area (Å²) in [6, 6.07) is 0.472. The van der Waals surface area contributed by atoms with E-state index in [1.807, 2.05) is 6.20 Å². The van der Waals surface area contributed by atoms with Gasteiger partial charge in [-0.25, -0.2) is 4.98 Å². The summed E-state index contributed by atoms with van der Waals surface area (Å²) in [4.78, 5) is 24.4. The number of hydrogen-bond acceptors (Lipinski definition) is 3. The minimum atomic E-state index is 0.358. The molecule has 5 heteroatoms. The number of amides is 1. The highest BCUT2D eigenvalue weighted by atomic mass is 16.2. The molecule has 5 nitrogen and oxygen atoms in total. The van der Waals surface area contributed by atoms with E-state index in [-0.39, 0.29) is 0 Å². The zero-order valence-corrected chi connectivity index (χ0v) is 13.2. The second kappa shape index (κ2) is 6.03. The summed E-state index contributed by atoms with van der Waals surface area (Å²) < 4.78 is 0. The first-order chi connectivity index (χ1) is 10.8. The SMILES string of the molecule is O=C1CC[C@H]2CN(CC3CC3)CC[C@H]2N1CCc1cnc[nH]1. The summed E-state index contributed by atoms with van der Waals surface area (Å²) in [7, 11) is 0. The van der Waals surface area contributed by atoms with Gasteiger partial charge in [0.25, 0.3) is 0 Å². The van der Waals surface area contributed by atoms with Crippen molar-refractivity contribution < 1.29 is 4.79 Å². The Kier molecular flexibility index (Phi) is 3.90. The second-order valence-corrected chi connectivity index (χ2v) is 7.27. The molecule has 120 valence electrons. The molecule has 0 unspecified atom stereocenters. The average Bonchev–Trinajstić information content (AvgIpc) is 3.18. The van der Waals surface area contributed by atoms with Crippen molar-refractivity contribution >= 4 is 5.91 Å². The van der Waals surface area contributed by atoms with Crippen LogP contribution in [-0.2, 0) is 11.2 Å². The van der Waals surface area contributed by atoms with Gasteiger partial charge in [-0.3, -0.25) is 4.79 Å². The number of piperidine rings is 2. The fourth-order valence-corrected chi connectivity index (χ4v) is 4.21. The minimum absolute atomic E-state index is 0.358. The molecule has 3 fully saturated rings. The van der Waals surface area contributed by atoms with Crippen molar-refractivity contribution in [3.05, 3.63) is 18.2 Å². The molecule has 4 rings (SSSR count). The Morgan fingerprint density at radius 3 is 2.95 bits per heavy atom. The third kappa shape index (κ3) is 3.05. The van der Waals surface area contributed by atoms with Crippen LogP contribution in [0.4, 0.5) is 0 Å². The molecule has 2 saturated heterocycles. The molecule has 3 heterocycles. The summed E-state index contributed by atoms with van der Waals surface area (Å²) >= 11 is 0. The Bertz CT molecular complexity index is 511. The smallest absolute Gasteiger partial charge is 0.222 e. The van der Waals surface area contributed by atoms with Gasteiger partial charge in [0, 0.05) is 57.0 Å². The fraction of sp³-hybridized carbons (Fsp3) is 0.765. The molecule has 0 bridgehead atoms. The van der Waals surface area contributed by atoms with E-state index in [2.05, 4.69) is 19.8 Å². The van der Waals surface area contributed by atoms with E-state index >= 15 is 0 Å². The zero-order chi connectivity index (χ0) is 14.9. The van der Waals surface area contributed by atoms with Crippen LogP contribution in [0.1, 0.15) is 37.8 Å². The van der Waals surface area contributed by atoms with Gasteiger partial charge in [-0.15, -0.1) is 0 Å². The van der Waals surface area contributed by atoms with Crippen molar-refractivity contribution in [1.29, 1.82) is 0 Å². The summed E-state index contributed by atoms with van der Waals surface area (Å²) in [5.41, 5.74) is 1.13. The van der Waals surface area contributed by atoms with Crippen molar-refractivity contribution in [3.8, 4) is 0 Å². The Labute approximate surface area is 132 Å². The molecule has 2 aliphatic heterocycles. The fourth-order valence-electron chi connectivity index (χ4n) is 4.21. The number of hydrogen-bond donors (Lipinski definition) is 1. The van der Waals surface area contributed by atoms with Gasteiger partial charge < -0.3 is 14.8 Å². The molecule has 22 heavy (non-hydrogen) atoms. The molecule has 0 spiro atoms. The van der Waals surface area contributed by atoms with Crippen molar-refractivity contribution in [2.24, 2.45) is 11.8 Å². The predicted molar refractivity (Wildman–Crippen MR) is 84.3 cm³/mol. The normalized spacial score (nSPS) is 29.6. The van der Waals surface area contributed by atoms with Crippen LogP contribution in [0.3, 0.4) is 0 Å². The summed E-state index contributed by atoms with van der Waals surface area (Å²) in [6.45, 7) is 4.51. The Balaban J connectivity index is 1.37. The van der Waals surface area contributed by atoms with Crippen LogP contribution >= 0.6 is 0 Å². The van der Waals surface area contributed by atoms with E-state index in [1.54, 1.807) is 6.33 Å². The third-order valence-corrected chi connectivity index (χ3v) is 5.62. The summed E-state index contributed by atoms with van der Waals surface area (Å²) in [6.07, 6.45) is 10.3. The number of nitrogens with one attached hydrogen (secondary N) is 1. The average molecular weight is 302 g/mol. The highest BCUT2D eigenvalue weighted by molar-refractivity contribution is 5.77. The molecule has 1 aromatic heterocycles. The Morgan fingerprint density at radius 1 is 1.27 bits per heavy atom. The van der Waals surface area contributed by atoms with E-state index < -0.39 is 0 Å². The van der Waals surface area contributed by atoms with Crippen molar-refractivity contribution in [2.75, 3.05) is 26.2 Å². The van der Waals surface area contributed by atoms with Crippen molar-refractivity contribution in [1.82, 2.24) is 19.8 Å². The van der Waals surface area contributed by atoms with E-state index in [0.717, 1.165) is 43.8 Å². The quantitative estimate of drug-likeness (QED) is 0.900. The highest BCUT2D eigenvalue weighted by Crippen LogP contribution is 2.35. The number of aromatic nitrogens is 2. The number of aromatic amines is 1. The van der Waals surface area contributed by atoms with Crippen LogP contribution in [0.15, 0.2) is 12.5 Å². The zero-order valence-electron chi connectivity index (χ0n) is 13.2. The molecular formula is C17H26N4O. The van der Waals surface area contributed by atoms with Gasteiger partial charge in [0.1, 0.15) is 0 Å². The molecule has 0 radical (unpaired) electrons. The molecule has 1 amide bonds. The monoisotopic (exact) mass is 302 g/mol. The van der Waals surface area contributed by atoms with Crippen LogP contribution in [0.2, 0.25) is 0 Å². The Morgan fingerprint density at radius 2 is 2.18 bits per heavy atom. The third-order valence-electron chi connectivity index (χ3n) is 5.62. The first-order valence-electron chi connectivity index (χ1n) is 8.78. The number of rotatable bonds is 5. The lowest BCUT2D eigenvalue weighted by molar-refractivity contribution is -0.141. The minimum Gasteiger partial charge on any atom is -0.348 e. The summed E-state index contributed by atoms with van der Waals surface area (Å²) in [5, 5.41) is 0. The largest absolute Gasteiger partial charge is 0.348 e. The molecule has 1 saturated carbocycles. The number of H-pyrrole nitrogens is 1. The standard InChI is InChI=1S/C17H26N4O/c22-17-4-3-14-11-20(10-13-1-2-13)7-6-16(14)21(17)8-5-15-9-18-12-19-15/h9,12-14,16H,1-8,10-11H2,(H,18,19)/t14-,16+/m0/s1. The van der Waals surface area contributed by atoms with Crippen molar-refractivity contribution in [2.45, 2.75) is 44.6 Å². The van der Waals surface area contributed by atoms with Gasteiger partial charge in [-0.05, 0) is 37.5 Å². The maximum atomic E-state index is 12.4. The van der Waals surface area contributed by atoms with Gasteiger partial charge in [-0.2, -0.15) is 0 Å². The lowest BCUT2D eigenvalue weighted by atomic mass is 9.83. The highest BCUT2D eigenvalue weighted by Gasteiger charge is 2.39. The number of likely N-dealkylation sites (tertiary alicyclic amines) is 2. The van der Waals surface area contributed by atoms with Gasteiger partial charge in [-0.1, -0.05) is 0 Å². The lowest BCUT2D eigenvalue weighted by Gasteiger charge is -2.47. The maximum absolute atomic E-state index is 12.4. The summed E-state index contributed by atoms with van der Waals surface area (Å²) in [5.74, 6) is 2.02. The van der Waals surface area contributed by atoms with Crippen LogP contribution < -0.4 is 0 Å². The van der Waals surface area contributed by atoms with Gasteiger partial charge in [0.2, 0.25) is 5.91 Å². The number of carbonyl (C=O) groups is 1. The number of imidazole rings is 1. The molecular weight excluding hydrogens is 276 g/mol. The molecule has 0 aromatic carbocycles. The first-order valence-corrected chi connectivity index (χ1v) is 8.78. The Hall–Kier alpha value is -1.36. The maximum Gasteiger partial charge on any atom is 0.222 e. The molecule has 3 aliphatic rings. The topological polar surface area (TPSA) is 52.2 Å². The second-order valence-electron chi connectivity index (χ2n) is 7.27.